The number of aryl methyl sites for hydroxylation is 1. The Morgan fingerprint density at radius 1 is 1.67 bits per heavy atom. The van der Waals surface area contributed by atoms with E-state index in [0.717, 1.165) is 37.6 Å². The van der Waals surface area contributed by atoms with Crippen LogP contribution in [0.5, 0.6) is 0 Å². The van der Waals surface area contributed by atoms with E-state index >= 15 is 0 Å². The number of hydrogen-bond acceptors (Lipinski definition) is 3. The highest BCUT2D eigenvalue weighted by Gasteiger charge is 2.06. The van der Waals surface area contributed by atoms with Crippen molar-refractivity contribution in [1.29, 1.82) is 0 Å². The van der Waals surface area contributed by atoms with Crippen LogP contribution < -0.4 is 5.32 Å². The van der Waals surface area contributed by atoms with Crippen molar-refractivity contribution in [3.05, 3.63) is 28.7 Å². The number of unbranched alkanes of at least 4 members (excludes halogenated alkanes) is 1. The van der Waals surface area contributed by atoms with Crippen LogP contribution >= 0.6 is 11.3 Å². The SMILES string of the molecule is C=CCCCN(C)C(=NC)NCc1scnc1C. The summed E-state index contributed by atoms with van der Waals surface area (Å²) >= 11 is 1.67. The molecule has 0 aliphatic carbocycles. The Bertz CT molecular complexity index is 397. The first kappa shape index (κ1) is 14.7. The molecule has 0 amide bonds. The molecule has 0 saturated heterocycles. The van der Waals surface area contributed by atoms with Crippen molar-refractivity contribution in [3.8, 4) is 0 Å². The molecule has 1 heterocycles. The molecule has 100 valence electrons. The zero-order valence-electron chi connectivity index (χ0n) is 11.4. The monoisotopic (exact) mass is 266 g/mol. The molecule has 0 aromatic carbocycles. The fourth-order valence-electron chi connectivity index (χ4n) is 1.62. The van der Waals surface area contributed by atoms with Gasteiger partial charge in [0.25, 0.3) is 0 Å². The van der Waals surface area contributed by atoms with Crippen LogP contribution in [-0.2, 0) is 6.54 Å². The van der Waals surface area contributed by atoms with Gasteiger partial charge in [-0.2, -0.15) is 0 Å². The lowest BCUT2D eigenvalue weighted by atomic mass is 10.3. The highest BCUT2D eigenvalue weighted by Crippen LogP contribution is 2.11. The van der Waals surface area contributed by atoms with Crippen molar-refractivity contribution in [3.63, 3.8) is 0 Å². The quantitative estimate of drug-likeness (QED) is 0.372. The van der Waals surface area contributed by atoms with Gasteiger partial charge >= 0.3 is 0 Å². The minimum absolute atomic E-state index is 0.787. The van der Waals surface area contributed by atoms with Crippen LogP contribution in [0.1, 0.15) is 23.4 Å². The molecule has 0 aliphatic rings. The van der Waals surface area contributed by atoms with E-state index in [2.05, 4.69) is 33.8 Å². The maximum Gasteiger partial charge on any atom is 0.193 e. The summed E-state index contributed by atoms with van der Waals surface area (Å²) in [7, 11) is 3.86. The highest BCUT2D eigenvalue weighted by molar-refractivity contribution is 7.09. The van der Waals surface area contributed by atoms with E-state index in [9.17, 15) is 0 Å². The zero-order chi connectivity index (χ0) is 13.4. The Morgan fingerprint density at radius 2 is 2.44 bits per heavy atom. The summed E-state index contributed by atoms with van der Waals surface area (Å²) in [6.07, 6.45) is 4.08. The van der Waals surface area contributed by atoms with E-state index in [1.54, 1.807) is 11.3 Å². The molecule has 0 bridgehead atoms. The topological polar surface area (TPSA) is 40.5 Å². The van der Waals surface area contributed by atoms with Gasteiger partial charge in [-0.05, 0) is 19.8 Å². The average molecular weight is 266 g/mol. The number of allylic oxidation sites excluding steroid dienone is 1. The Hall–Kier alpha value is -1.36. The molecule has 1 aromatic rings. The summed E-state index contributed by atoms with van der Waals surface area (Å²) in [4.78, 5) is 11.9. The van der Waals surface area contributed by atoms with Crippen molar-refractivity contribution >= 4 is 17.3 Å². The molecule has 0 spiro atoms. The second kappa shape index (κ2) is 7.87. The minimum Gasteiger partial charge on any atom is -0.351 e. The predicted octanol–water partition coefficient (Wildman–Crippen LogP) is 2.42. The predicted molar refractivity (Wildman–Crippen MR) is 79.1 cm³/mol. The molecule has 1 aromatic heterocycles. The molecule has 18 heavy (non-hydrogen) atoms. The molecule has 1 N–H and O–H groups in total. The van der Waals surface area contributed by atoms with Crippen molar-refractivity contribution in [2.75, 3.05) is 20.6 Å². The smallest absolute Gasteiger partial charge is 0.193 e. The summed E-state index contributed by atoms with van der Waals surface area (Å²) in [5.74, 6) is 0.923. The lowest BCUT2D eigenvalue weighted by molar-refractivity contribution is 0.470. The van der Waals surface area contributed by atoms with E-state index in [1.165, 1.54) is 4.88 Å². The number of aromatic nitrogens is 1. The van der Waals surface area contributed by atoms with Crippen molar-refractivity contribution in [2.45, 2.75) is 26.3 Å². The van der Waals surface area contributed by atoms with Gasteiger partial charge in [0.2, 0.25) is 0 Å². The van der Waals surface area contributed by atoms with Gasteiger partial charge in [-0.1, -0.05) is 6.08 Å². The fourth-order valence-corrected chi connectivity index (χ4v) is 2.34. The van der Waals surface area contributed by atoms with Crippen molar-refractivity contribution in [1.82, 2.24) is 15.2 Å². The normalized spacial score (nSPS) is 11.4. The van der Waals surface area contributed by atoms with E-state index in [4.69, 9.17) is 0 Å². The zero-order valence-corrected chi connectivity index (χ0v) is 12.3. The molecule has 5 heteroatoms. The number of nitrogens with zero attached hydrogens (tertiary/aromatic N) is 3. The third-order valence-corrected chi connectivity index (χ3v) is 3.66. The van der Waals surface area contributed by atoms with Gasteiger partial charge in [0.15, 0.2) is 5.96 Å². The van der Waals surface area contributed by atoms with Crippen LogP contribution in [0.4, 0.5) is 0 Å². The Morgan fingerprint density at radius 3 is 3.00 bits per heavy atom. The van der Waals surface area contributed by atoms with Crippen LogP contribution in [0.3, 0.4) is 0 Å². The Balaban J connectivity index is 2.42. The molecular weight excluding hydrogens is 244 g/mol. The minimum atomic E-state index is 0.787. The van der Waals surface area contributed by atoms with Crippen molar-refractivity contribution < 1.29 is 0 Å². The number of aliphatic imine (C=N–C) groups is 1. The maximum atomic E-state index is 4.29. The lowest BCUT2D eigenvalue weighted by Crippen LogP contribution is -2.38. The lowest BCUT2D eigenvalue weighted by Gasteiger charge is -2.21. The van der Waals surface area contributed by atoms with Gasteiger partial charge in [-0.3, -0.25) is 4.99 Å². The van der Waals surface area contributed by atoms with Crippen LogP contribution in [0, 0.1) is 6.92 Å². The van der Waals surface area contributed by atoms with Gasteiger partial charge in [-0.25, -0.2) is 4.98 Å². The molecule has 0 fully saturated rings. The number of guanidine groups is 1. The van der Waals surface area contributed by atoms with E-state index < -0.39 is 0 Å². The first-order valence-corrected chi connectivity index (χ1v) is 6.98. The Labute approximate surface area is 113 Å². The summed E-state index contributed by atoms with van der Waals surface area (Å²) < 4.78 is 0. The third kappa shape index (κ3) is 4.49. The average Bonchev–Trinajstić information content (AvgIpc) is 2.76. The van der Waals surface area contributed by atoms with E-state index in [-0.39, 0.29) is 0 Å². The molecule has 0 aliphatic heterocycles. The summed E-state index contributed by atoms with van der Waals surface area (Å²) in [5.41, 5.74) is 2.97. The van der Waals surface area contributed by atoms with Gasteiger partial charge in [0.1, 0.15) is 0 Å². The van der Waals surface area contributed by atoms with Gasteiger partial charge in [0.05, 0.1) is 17.7 Å². The van der Waals surface area contributed by atoms with Gasteiger partial charge in [-0.15, -0.1) is 17.9 Å². The first-order valence-electron chi connectivity index (χ1n) is 6.10. The molecule has 0 radical (unpaired) electrons. The third-order valence-electron chi connectivity index (χ3n) is 2.73. The molecule has 0 atom stereocenters. The Kier molecular flexibility index (Phi) is 6.43. The maximum absolute atomic E-state index is 4.29. The number of rotatable bonds is 6. The molecule has 1 rings (SSSR count). The molecule has 0 saturated carbocycles. The second-order valence-corrected chi connectivity index (χ2v) is 5.05. The molecular formula is C13H22N4S. The molecule has 0 unspecified atom stereocenters. The van der Waals surface area contributed by atoms with E-state index in [0.29, 0.717) is 0 Å². The van der Waals surface area contributed by atoms with Crippen LogP contribution in [0.25, 0.3) is 0 Å². The van der Waals surface area contributed by atoms with Crippen LogP contribution in [0.2, 0.25) is 0 Å². The number of thiazole rings is 1. The summed E-state index contributed by atoms with van der Waals surface area (Å²) in [5, 5.41) is 3.36. The second-order valence-electron chi connectivity index (χ2n) is 4.11. The summed E-state index contributed by atoms with van der Waals surface area (Å²) in [6, 6.07) is 0. The molecule has 4 nitrogen and oxygen atoms in total. The van der Waals surface area contributed by atoms with Crippen LogP contribution in [0.15, 0.2) is 23.2 Å². The van der Waals surface area contributed by atoms with Crippen LogP contribution in [-0.4, -0.2) is 36.5 Å². The van der Waals surface area contributed by atoms with Crippen molar-refractivity contribution in [2.24, 2.45) is 4.99 Å². The number of nitrogens with one attached hydrogen (secondary N) is 1. The van der Waals surface area contributed by atoms with Gasteiger partial charge in [0, 0.05) is 25.5 Å². The van der Waals surface area contributed by atoms with Gasteiger partial charge < -0.3 is 10.2 Å². The largest absolute Gasteiger partial charge is 0.351 e. The van der Waals surface area contributed by atoms with E-state index in [1.807, 2.05) is 25.6 Å². The fraction of sp³-hybridized carbons (Fsp3) is 0.538. The number of hydrogen-bond donors (Lipinski definition) is 1. The first-order chi connectivity index (χ1) is 8.69. The highest BCUT2D eigenvalue weighted by atomic mass is 32.1. The summed E-state index contributed by atoms with van der Waals surface area (Å²) in [6.45, 7) is 7.53. The standard InChI is InChI=1S/C13H22N4S/c1-5-6-7-8-17(4)13(14-3)15-9-12-11(2)16-10-18-12/h5,10H,1,6-9H2,2-4H3,(H,14,15).